The first-order chi connectivity index (χ1) is 7.72. The van der Waals surface area contributed by atoms with Crippen molar-refractivity contribution in [2.24, 2.45) is 0 Å². The second-order valence-corrected chi connectivity index (χ2v) is 3.51. The largest absolute Gasteiger partial charge is 0.460 e. The van der Waals surface area contributed by atoms with Crippen LogP contribution in [0.25, 0.3) is 0 Å². The second-order valence-electron chi connectivity index (χ2n) is 3.51. The summed E-state index contributed by atoms with van der Waals surface area (Å²) in [6.07, 6.45) is -1.09. The van der Waals surface area contributed by atoms with Gasteiger partial charge in [0.1, 0.15) is 24.1 Å². The predicted octanol–water partition coefficient (Wildman–Crippen LogP) is -1.10. The lowest BCUT2D eigenvalue weighted by Gasteiger charge is -2.16. The van der Waals surface area contributed by atoms with E-state index in [0.29, 0.717) is 5.75 Å². The Bertz CT molecular complexity index is 333. The van der Waals surface area contributed by atoms with Crippen LogP contribution in [0.4, 0.5) is 0 Å². The van der Waals surface area contributed by atoms with E-state index in [1.165, 1.54) is 6.20 Å². The van der Waals surface area contributed by atoms with Crippen LogP contribution in [0.15, 0.2) is 24.5 Å². The molecule has 1 aromatic heterocycles. The van der Waals surface area contributed by atoms with Gasteiger partial charge in [0.05, 0.1) is 12.8 Å². The standard InChI is InChI=1S/C10H13NO5/c12-5-7-8(13)9(14)10(16-7)15-6-2-1-3-11-4-6/h1-4,7-10,12-14H,5H2/t7-,8-,9-,10-/m1/s1. The molecule has 0 aromatic carbocycles. The molecule has 0 saturated carbocycles. The summed E-state index contributed by atoms with van der Waals surface area (Å²) in [6, 6.07) is 3.33. The zero-order valence-electron chi connectivity index (χ0n) is 8.43. The quantitative estimate of drug-likeness (QED) is 0.607. The molecule has 0 bridgehead atoms. The number of hydrogen-bond donors (Lipinski definition) is 3. The van der Waals surface area contributed by atoms with E-state index in [-0.39, 0.29) is 6.61 Å². The van der Waals surface area contributed by atoms with Gasteiger partial charge >= 0.3 is 0 Å². The highest BCUT2D eigenvalue weighted by Gasteiger charge is 2.43. The first-order valence-corrected chi connectivity index (χ1v) is 4.91. The van der Waals surface area contributed by atoms with Gasteiger partial charge in [0.2, 0.25) is 6.29 Å². The summed E-state index contributed by atoms with van der Waals surface area (Å²) in [5.74, 6) is 0.428. The minimum Gasteiger partial charge on any atom is -0.460 e. The molecule has 2 rings (SSSR count). The number of hydrogen-bond acceptors (Lipinski definition) is 6. The van der Waals surface area contributed by atoms with Crippen molar-refractivity contribution in [2.75, 3.05) is 6.61 Å². The number of pyridine rings is 1. The van der Waals surface area contributed by atoms with E-state index in [1.807, 2.05) is 0 Å². The minimum atomic E-state index is -1.18. The van der Waals surface area contributed by atoms with Crippen LogP contribution in [0, 0.1) is 0 Å². The molecule has 1 fully saturated rings. The first kappa shape index (κ1) is 11.3. The Morgan fingerprint density at radius 3 is 2.75 bits per heavy atom. The third-order valence-corrected chi connectivity index (χ3v) is 2.39. The smallest absolute Gasteiger partial charge is 0.229 e. The molecule has 1 aliphatic rings. The average Bonchev–Trinajstić information content (AvgIpc) is 2.58. The summed E-state index contributed by atoms with van der Waals surface area (Å²) in [7, 11) is 0. The second kappa shape index (κ2) is 4.75. The van der Waals surface area contributed by atoms with Crippen molar-refractivity contribution in [1.29, 1.82) is 0 Å². The van der Waals surface area contributed by atoms with Gasteiger partial charge in [0.15, 0.2) is 0 Å². The summed E-state index contributed by atoms with van der Waals surface area (Å²) in [6.45, 7) is -0.370. The molecule has 6 nitrogen and oxygen atoms in total. The molecule has 1 saturated heterocycles. The van der Waals surface area contributed by atoms with E-state index >= 15 is 0 Å². The number of aliphatic hydroxyl groups is 3. The van der Waals surface area contributed by atoms with Gasteiger partial charge in [-0.25, -0.2) is 0 Å². The van der Waals surface area contributed by atoms with Crippen LogP contribution in [0.5, 0.6) is 5.75 Å². The van der Waals surface area contributed by atoms with Crippen LogP contribution in [0.3, 0.4) is 0 Å². The third-order valence-electron chi connectivity index (χ3n) is 2.39. The van der Waals surface area contributed by atoms with Crippen molar-refractivity contribution < 1.29 is 24.8 Å². The molecule has 0 amide bonds. The maximum Gasteiger partial charge on any atom is 0.229 e. The van der Waals surface area contributed by atoms with Crippen molar-refractivity contribution in [3.63, 3.8) is 0 Å². The Labute approximate surface area is 92.1 Å². The van der Waals surface area contributed by atoms with E-state index < -0.39 is 24.6 Å². The van der Waals surface area contributed by atoms with Gasteiger partial charge < -0.3 is 24.8 Å². The summed E-state index contributed by atoms with van der Waals surface area (Å²) >= 11 is 0. The molecular weight excluding hydrogens is 214 g/mol. The fourth-order valence-electron chi connectivity index (χ4n) is 1.51. The topological polar surface area (TPSA) is 92.0 Å². The molecule has 1 aromatic rings. The molecule has 1 aliphatic heterocycles. The van der Waals surface area contributed by atoms with Crippen molar-refractivity contribution in [3.8, 4) is 5.75 Å². The zero-order valence-corrected chi connectivity index (χ0v) is 8.43. The Balaban J connectivity index is 2.01. The van der Waals surface area contributed by atoms with Gasteiger partial charge in [-0.15, -0.1) is 0 Å². The lowest BCUT2D eigenvalue weighted by molar-refractivity contribution is -0.116. The number of nitrogens with zero attached hydrogens (tertiary/aromatic N) is 1. The average molecular weight is 227 g/mol. The zero-order chi connectivity index (χ0) is 11.5. The van der Waals surface area contributed by atoms with Crippen LogP contribution < -0.4 is 4.74 Å². The Kier molecular flexibility index (Phi) is 3.35. The molecule has 3 N–H and O–H groups in total. The van der Waals surface area contributed by atoms with E-state index in [9.17, 15) is 10.2 Å². The van der Waals surface area contributed by atoms with Crippen molar-refractivity contribution in [1.82, 2.24) is 4.98 Å². The lowest BCUT2D eigenvalue weighted by atomic mass is 10.1. The molecule has 6 heteroatoms. The molecule has 88 valence electrons. The fraction of sp³-hybridized carbons (Fsp3) is 0.500. The van der Waals surface area contributed by atoms with Gasteiger partial charge in [0, 0.05) is 6.20 Å². The summed E-state index contributed by atoms with van der Waals surface area (Å²) < 4.78 is 10.4. The maximum absolute atomic E-state index is 9.59. The van der Waals surface area contributed by atoms with Crippen LogP contribution >= 0.6 is 0 Å². The van der Waals surface area contributed by atoms with Gasteiger partial charge in [-0.2, -0.15) is 0 Å². The van der Waals surface area contributed by atoms with Gasteiger partial charge in [-0.1, -0.05) is 0 Å². The highest BCUT2D eigenvalue weighted by atomic mass is 16.7. The van der Waals surface area contributed by atoms with E-state index in [1.54, 1.807) is 18.3 Å². The van der Waals surface area contributed by atoms with Gasteiger partial charge in [0.25, 0.3) is 0 Å². The van der Waals surface area contributed by atoms with Crippen LogP contribution in [0.2, 0.25) is 0 Å². The lowest BCUT2D eigenvalue weighted by Crippen LogP contribution is -2.35. The minimum absolute atomic E-state index is 0.370. The highest BCUT2D eigenvalue weighted by Crippen LogP contribution is 2.23. The first-order valence-electron chi connectivity index (χ1n) is 4.91. The van der Waals surface area contributed by atoms with Crippen molar-refractivity contribution in [3.05, 3.63) is 24.5 Å². The molecule has 0 radical (unpaired) electrons. The van der Waals surface area contributed by atoms with Crippen LogP contribution in [-0.4, -0.2) is 51.5 Å². The third kappa shape index (κ3) is 2.14. The number of aliphatic hydroxyl groups excluding tert-OH is 3. The number of aromatic nitrogens is 1. The molecule has 16 heavy (non-hydrogen) atoms. The predicted molar refractivity (Wildman–Crippen MR) is 52.6 cm³/mol. The molecule has 0 unspecified atom stereocenters. The molecule has 2 heterocycles. The number of rotatable bonds is 3. The van der Waals surface area contributed by atoms with E-state index in [4.69, 9.17) is 14.6 Å². The highest BCUT2D eigenvalue weighted by molar-refractivity contribution is 5.16. The Morgan fingerprint density at radius 2 is 2.19 bits per heavy atom. The van der Waals surface area contributed by atoms with Crippen molar-refractivity contribution >= 4 is 0 Å². The van der Waals surface area contributed by atoms with Crippen molar-refractivity contribution in [2.45, 2.75) is 24.6 Å². The number of ether oxygens (including phenoxy) is 2. The molecule has 4 atom stereocenters. The normalized spacial score (nSPS) is 33.9. The Hall–Kier alpha value is -1.21. The van der Waals surface area contributed by atoms with Gasteiger partial charge in [-0.05, 0) is 12.1 Å². The van der Waals surface area contributed by atoms with Crippen LogP contribution in [0.1, 0.15) is 0 Å². The van der Waals surface area contributed by atoms with E-state index in [2.05, 4.69) is 4.98 Å². The maximum atomic E-state index is 9.59. The SMILES string of the molecule is OC[C@H]1O[C@@H](Oc2cccnc2)[C@H](O)[C@@H]1O. The Morgan fingerprint density at radius 1 is 1.38 bits per heavy atom. The molecule has 0 spiro atoms. The summed E-state index contributed by atoms with van der Waals surface area (Å²) in [5.41, 5.74) is 0. The fourth-order valence-corrected chi connectivity index (χ4v) is 1.51. The summed E-state index contributed by atoms with van der Waals surface area (Å²) in [4.78, 5) is 3.84. The molecular formula is C10H13NO5. The summed E-state index contributed by atoms with van der Waals surface area (Å²) in [5, 5.41) is 27.9. The van der Waals surface area contributed by atoms with Gasteiger partial charge in [-0.3, -0.25) is 4.98 Å². The monoisotopic (exact) mass is 227 g/mol. The molecule has 0 aliphatic carbocycles. The van der Waals surface area contributed by atoms with Crippen LogP contribution in [-0.2, 0) is 4.74 Å². The van der Waals surface area contributed by atoms with E-state index in [0.717, 1.165) is 0 Å².